The highest BCUT2D eigenvalue weighted by atomic mass is 16.5. The van der Waals surface area contributed by atoms with Crippen LogP contribution in [0.4, 0.5) is 0 Å². The van der Waals surface area contributed by atoms with E-state index in [-0.39, 0.29) is 19.1 Å². The molecule has 22 heavy (non-hydrogen) atoms. The van der Waals surface area contributed by atoms with Crippen molar-refractivity contribution in [3.8, 4) is 11.3 Å². The van der Waals surface area contributed by atoms with Crippen LogP contribution in [0.25, 0.3) is 11.3 Å². The molecule has 114 valence electrons. The van der Waals surface area contributed by atoms with E-state index in [0.717, 1.165) is 11.3 Å². The lowest BCUT2D eigenvalue weighted by Crippen LogP contribution is -2.38. The van der Waals surface area contributed by atoms with Crippen LogP contribution in [0.3, 0.4) is 0 Å². The predicted molar refractivity (Wildman–Crippen MR) is 82.4 cm³/mol. The zero-order valence-corrected chi connectivity index (χ0v) is 12.2. The lowest BCUT2D eigenvalue weighted by atomic mass is 10.1. The smallest absolute Gasteiger partial charge is 0.272 e. The number of β-amino-alcohol motifs (C(OH)–C–C–N with tert-alkyl or cyclic N) is 1. The quantitative estimate of drug-likeness (QED) is 0.914. The van der Waals surface area contributed by atoms with Crippen molar-refractivity contribution in [3.05, 3.63) is 54.2 Å². The fraction of sp³-hybridized carbons (Fsp3) is 0.294. The Hall–Kier alpha value is -2.24. The molecule has 1 saturated heterocycles. The first kappa shape index (κ1) is 14.7. The molecular formula is C17H18N2O3. The summed E-state index contributed by atoms with van der Waals surface area (Å²) in [7, 11) is 0. The lowest BCUT2D eigenvalue weighted by Gasteiger charge is -2.21. The first-order valence-electron chi connectivity index (χ1n) is 7.31. The zero-order valence-electron chi connectivity index (χ0n) is 12.2. The van der Waals surface area contributed by atoms with E-state index in [4.69, 9.17) is 4.74 Å². The Labute approximate surface area is 129 Å². The van der Waals surface area contributed by atoms with E-state index in [2.05, 4.69) is 4.98 Å². The Morgan fingerprint density at radius 1 is 1.18 bits per heavy atom. The summed E-state index contributed by atoms with van der Waals surface area (Å²) in [4.78, 5) is 18.6. The van der Waals surface area contributed by atoms with Gasteiger partial charge in [0.2, 0.25) is 0 Å². The molecule has 1 aromatic heterocycles. The van der Waals surface area contributed by atoms with Gasteiger partial charge in [0, 0.05) is 18.7 Å². The van der Waals surface area contributed by atoms with Gasteiger partial charge in [-0.05, 0) is 12.1 Å². The van der Waals surface area contributed by atoms with Crippen LogP contribution < -0.4 is 0 Å². The number of amides is 1. The lowest BCUT2D eigenvalue weighted by molar-refractivity contribution is 0.0533. The van der Waals surface area contributed by atoms with Crippen LogP contribution >= 0.6 is 0 Å². The Balaban J connectivity index is 1.84. The molecule has 5 heteroatoms. The minimum Gasteiger partial charge on any atom is -0.389 e. The molecule has 1 amide bonds. The first-order valence-corrected chi connectivity index (χ1v) is 7.31. The Kier molecular flexibility index (Phi) is 4.46. The van der Waals surface area contributed by atoms with Gasteiger partial charge in [0.25, 0.3) is 5.91 Å². The Morgan fingerprint density at radius 3 is 2.82 bits per heavy atom. The Bertz CT molecular complexity index is 645. The van der Waals surface area contributed by atoms with Gasteiger partial charge >= 0.3 is 0 Å². The van der Waals surface area contributed by atoms with E-state index in [0.29, 0.717) is 18.8 Å². The molecule has 0 saturated carbocycles. The number of aliphatic hydroxyl groups is 1. The average molecular weight is 298 g/mol. The van der Waals surface area contributed by atoms with Crippen LogP contribution in [0.2, 0.25) is 0 Å². The molecule has 1 aromatic carbocycles. The van der Waals surface area contributed by atoms with E-state index in [9.17, 15) is 9.90 Å². The number of hydrogen-bond donors (Lipinski definition) is 1. The van der Waals surface area contributed by atoms with Crippen LogP contribution in [0.1, 0.15) is 10.5 Å². The summed E-state index contributed by atoms with van der Waals surface area (Å²) in [6.45, 7) is 1.44. The van der Waals surface area contributed by atoms with Gasteiger partial charge in [-0.25, -0.2) is 4.98 Å². The number of hydrogen-bond acceptors (Lipinski definition) is 4. The van der Waals surface area contributed by atoms with Crippen molar-refractivity contribution in [2.45, 2.75) is 6.10 Å². The summed E-state index contributed by atoms with van der Waals surface area (Å²) in [5.74, 6) is -0.178. The third kappa shape index (κ3) is 3.32. The second-order valence-electron chi connectivity index (χ2n) is 5.25. The monoisotopic (exact) mass is 298 g/mol. The number of ether oxygens (including phenoxy) is 1. The topological polar surface area (TPSA) is 62.7 Å². The van der Waals surface area contributed by atoms with Gasteiger partial charge in [0.05, 0.1) is 25.0 Å². The second kappa shape index (κ2) is 6.68. The van der Waals surface area contributed by atoms with Crippen LogP contribution in [0, 0.1) is 0 Å². The Morgan fingerprint density at radius 2 is 2.00 bits per heavy atom. The number of pyridine rings is 1. The molecule has 1 aliphatic rings. The highest BCUT2D eigenvalue weighted by Crippen LogP contribution is 2.17. The van der Waals surface area contributed by atoms with Gasteiger partial charge in [0.1, 0.15) is 5.69 Å². The molecule has 2 aromatic rings. The molecule has 1 N–H and O–H groups in total. The van der Waals surface area contributed by atoms with Gasteiger partial charge in [0.15, 0.2) is 0 Å². The minimum absolute atomic E-state index is 0.178. The van der Waals surface area contributed by atoms with Crippen molar-refractivity contribution in [3.63, 3.8) is 0 Å². The van der Waals surface area contributed by atoms with E-state index >= 15 is 0 Å². The third-order valence-corrected chi connectivity index (χ3v) is 3.57. The molecule has 0 unspecified atom stereocenters. The zero-order chi connectivity index (χ0) is 15.4. The van der Waals surface area contributed by atoms with Gasteiger partial charge in [-0.2, -0.15) is 0 Å². The van der Waals surface area contributed by atoms with Crippen molar-refractivity contribution in [2.24, 2.45) is 0 Å². The molecule has 0 radical (unpaired) electrons. The molecule has 1 fully saturated rings. The largest absolute Gasteiger partial charge is 0.389 e. The maximum absolute atomic E-state index is 12.6. The number of aromatic nitrogens is 1. The molecular weight excluding hydrogens is 280 g/mol. The van der Waals surface area contributed by atoms with Crippen molar-refractivity contribution < 1.29 is 14.6 Å². The molecule has 0 aliphatic carbocycles. The van der Waals surface area contributed by atoms with Crippen molar-refractivity contribution >= 4 is 5.91 Å². The van der Waals surface area contributed by atoms with E-state index < -0.39 is 6.10 Å². The van der Waals surface area contributed by atoms with Crippen molar-refractivity contribution in [1.82, 2.24) is 9.88 Å². The normalized spacial score (nSPS) is 18.8. The molecule has 1 aliphatic heterocycles. The summed E-state index contributed by atoms with van der Waals surface area (Å²) in [6, 6.07) is 15.1. The van der Waals surface area contributed by atoms with E-state index in [1.165, 1.54) is 0 Å². The summed E-state index contributed by atoms with van der Waals surface area (Å²) < 4.78 is 5.25. The summed E-state index contributed by atoms with van der Waals surface area (Å²) in [5, 5.41) is 9.75. The molecule has 1 atom stereocenters. The summed E-state index contributed by atoms with van der Waals surface area (Å²) in [6.07, 6.45) is -0.649. The van der Waals surface area contributed by atoms with Gasteiger partial charge in [-0.15, -0.1) is 0 Å². The number of nitrogens with zero attached hydrogens (tertiary/aromatic N) is 2. The van der Waals surface area contributed by atoms with Gasteiger partial charge < -0.3 is 14.7 Å². The number of carbonyl (C=O) groups is 1. The number of benzene rings is 1. The predicted octanol–water partition coefficient (Wildman–Crippen LogP) is 1.58. The summed E-state index contributed by atoms with van der Waals surface area (Å²) >= 11 is 0. The first-order chi connectivity index (χ1) is 10.7. The standard InChI is InChI=1S/C17H18N2O3/c20-14-11-19(9-10-22-12-14)17(21)16-8-4-7-15(18-16)13-5-2-1-3-6-13/h1-8,14,20H,9-12H2/t14-/m0/s1. The van der Waals surface area contributed by atoms with Gasteiger partial charge in [-0.3, -0.25) is 4.79 Å². The SMILES string of the molecule is O=C(c1cccc(-c2ccccc2)n1)N1CCOC[C@@H](O)C1. The number of aliphatic hydroxyl groups excluding tert-OH is 1. The fourth-order valence-corrected chi connectivity index (χ4v) is 2.46. The number of carbonyl (C=O) groups excluding carboxylic acids is 1. The van der Waals surface area contributed by atoms with E-state index in [1.807, 2.05) is 42.5 Å². The maximum atomic E-state index is 12.6. The molecule has 0 bridgehead atoms. The fourth-order valence-electron chi connectivity index (χ4n) is 2.46. The van der Waals surface area contributed by atoms with Crippen molar-refractivity contribution in [2.75, 3.05) is 26.3 Å². The molecule has 5 nitrogen and oxygen atoms in total. The van der Waals surface area contributed by atoms with Crippen LogP contribution in [0.5, 0.6) is 0 Å². The summed E-state index contributed by atoms with van der Waals surface area (Å²) in [5.41, 5.74) is 2.12. The highest BCUT2D eigenvalue weighted by Gasteiger charge is 2.23. The second-order valence-corrected chi connectivity index (χ2v) is 5.25. The maximum Gasteiger partial charge on any atom is 0.272 e. The third-order valence-electron chi connectivity index (χ3n) is 3.57. The molecule has 0 spiro atoms. The van der Waals surface area contributed by atoms with E-state index in [1.54, 1.807) is 11.0 Å². The molecule has 2 heterocycles. The average Bonchev–Trinajstić information content (AvgIpc) is 2.79. The highest BCUT2D eigenvalue weighted by molar-refractivity contribution is 5.93. The van der Waals surface area contributed by atoms with Crippen molar-refractivity contribution in [1.29, 1.82) is 0 Å². The van der Waals surface area contributed by atoms with Crippen LogP contribution in [-0.2, 0) is 4.74 Å². The van der Waals surface area contributed by atoms with Crippen LogP contribution in [-0.4, -0.2) is 53.3 Å². The minimum atomic E-state index is -0.649. The van der Waals surface area contributed by atoms with Crippen LogP contribution in [0.15, 0.2) is 48.5 Å². The number of rotatable bonds is 2. The van der Waals surface area contributed by atoms with Gasteiger partial charge in [-0.1, -0.05) is 36.4 Å². The molecule has 3 rings (SSSR count).